The van der Waals surface area contributed by atoms with Crippen molar-refractivity contribution in [3.05, 3.63) is 131 Å². The zero-order valence-electron chi connectivity index (χ0n) is 25.4. The number of benzene rings is 4. The number of rotatable bonds is 12. The van der Waals surface area contributed by atoms with E-state index in [1.807, 2.05) is 36.4 Å². The van der Waals surface area contributed by atoms with Crippen molar-refractivity contribution in [2.45, 2.75) is 62.0 Å². The number of nitrogens with zero attached hydrogens (tertiary/aromatic N) is 2. The number of carbonyl (C=O) groups excluding carboxylic acids is 2. The van der Waals surface area contributed by atoms with Crippen molar-refractivity contribution < 1.29 is 22.4 Å². The number of sulfonamides is 1. The highest BCUT2D eigenvalue weighted by Gasteiger charge is 2.35. The number of halogens is 2. The lowest BCUT2D eigenvalue weighted by Crippen LogP contribution is -2.55. The van der Waals surface area contributed by atoms with Crippen LogP contribution in [0.25, 0.3) is 0 Å². The molecule has 10 heteroatoms. The van der Waals surface area contributed by atoms with Gasteiger partial charge in [-0.2, -0.15) is 0 Å². The smallest absolute Gasteiger partial charge is 0.264 e. The first-order valence-electron chi connectivity index (χ1n) is 15.4. The largest absolute Gasteiger partial charge is 0.352 e. The molecule has 5 rings (SSSR count). The van der Waals surface area contributed by atoms with Crippen molar-refractivity contribution in [2.75, 3.05) is 10.8 Å². The Morgan fingerprint density at radius 1 is 0.826 bits per heavy atom. The predicted octanol–water partition coefficient (Wildman–Crippen LogP) is 6.76. The van der Waals surface area contributed by atoms with E-state index in [4.69, 9.17) is 11.6 Å². The lowest BCUT2D eigenvalue weighted by Gasteiger charge is -2.35. The van der Waals surface area contributed by atoms with Crippen molar-refractivity contribution in [1.82, 2.24) is 10.2 Å². The molecule has 0 aliphatic heterocycles. The molecule has 0 aromatic heterocycles. The molecule has 0 saturated heterocycles. The summed E-state index contributed by atoms with van der Waals surface area (Å²) in [5.41, 5.74) is 1.81. The Morgan fingerprint density at radius 2 is 1.46 bits per heavy atom. The zero-order valence-corrected chi connectivity index (χ0v) is 27.0. The van der Waals surface area contributed by atoms with Gasteiger partial charge >= 0.3 is 0 Å². The Labute approximate surface area is 275 Å². The third-order valence-electron chi connectivity index (χ3n) is 8.19. The van der Waals surface area contributed by atoms with Crippen LogP contribution in [-0.4, -0.2) is 43.8 Å². The van der Waals surface area contributed by atoms with E-state index in [1.54, 1.807) is 48.5 Å². The topological polar surface area (TPSA) is 86.8 Å². The molecule has 240 valence electrons. The van der Waals surface area contributed by atoms with Crippen LogP contribution in [0.2, 0.25) is 5.02 Å². The number of amides is 2. The SMILES string of the molecule is O=C(NC1CCCCC1)[C@H](Cc1ccccc1)N(Cc1cccc(Cl)c1)C(=O)CN(c1ccccc1)S(=O)(=O)c1ccc(F)cc1. The van der Waals surface area contributed by atoms with Gasteiger partial charge in [0.25, 0.3) is 10.0 Å². The Balaban J connectivity index is 1.55. The van der Waals surface area contributed by atoms with Gasteiger partial charge in [-0.3, -0.25) is 13.9 Å². The van der Waals surface area contributed by atoms with Gasteiger partial charge in [-0.1, -0.05) is 91.5 Å². The van der Waals surface area contributed by atoms with Gasteiger partial charge in [0, 0.05) is 24.0 Å². The second kappa shape index (κ2) is 15.4. The summed E-state index contributed by atoms with van der Waals surface area (Å²) in [7, 11) is -4.31. The summed E-state index contributed by atoms with van der Waals surface area (Å²) in [6.45, 7) is -0.569. The van der Waals surface area contributed by atoms with E-state index < -0.39 is 34.3 Å². The summed E-state index contributed by atoms with van der Waals surface area (Å²) in [6, 6.07) is 28.3. The number of anilines is 1. The summed E-state index contributed by atoms with van der Waals surface area (Å²) in [5.74, 6) is -1.45. The van der Waals surface area contributed by atoms with Gasteiger partial charge in [0.15, 0.2) is 0 Å². The summed E-state index contributed by atoms with van der Waals surface area (Å²) in [4.78, 5) is 29.9. The summed E-state index contributed by atoms with van der Waals surface area (Å²) in [5, 5.41) is 3.66. The van der Waals surface area contributed by atoms with E-state index in [-0.39, 0.29) is 35.5 Å². The van der Waals surface area contributed by atoms with E-state index in [9.17, 15) is 22.4 Å². The normalized spacial score (nSPS) is 14.3. The molecular formula is C36H37ClFN3O4S. The summed E-state index contributed by atoms with van der Waals surface area (Å²) >= 11 is 6.31. The van der Waals surface area contributed by atoms with Crippen LogP contribution in [0.1, 0.15) is 43.2 Å². The van der Waals surface area contributed by atoms with Gasteiger partial charge in [0.1, 0.15) is 18.4 Å². The molecule has 46 heavy (non-hydrogen) atoms. The molecule has 1 aliphatic rings. The average Bonchev–Trinajstić information content (AvgIpc) is 3.06. The molecule has 1 saturated carbocycles. The first-order chi connectivity index (χ1) is 22.2. The lowest BCUT2D eigenvalue weighted by atomic mass is 9.94. The Kier molecular flexibility index (Phi) is 11.1. The maximum Gasteiger partial charge on any atom is 0.264 e. The molecule has 0 unspecified atom stereocenters. The molecule has 0 spiro atoms. The molecular weight excluding hydrogens is 625 g/mol. The molecule has 0 radical (unpaired) electrons. The Hall–Kier alpha value is -4.21. The van der Waals surface area contributed by atoms with Gasteiger partial charge in [0.05, 0.1) is 10.6 Å². The predicted molar refractivity (Wildman–Crippen MR) is 178 cm³/mol. The standard InChI is InChI=1S/C36H37ClFN3O4S/c37-29-14-10-13-28(23-29)25-40(34(24-27-11-4-1-5-12-27)36(43)39-31-15-6-2-7-16-31)35(42)26-41(32-17-8-3-9-18-32)46(44,45)33-21-19-30(38)20-22-33/h1,3-5,8-14,17-23,31,34H,2,6-7,15-16,24-26H2,(H,39,43)/t34-/m0/s1. The highest BCUT2D eigenvalue weighted by atomic mass is 35.5. The number of hydrogen-bond acceptors (Lipinski definition) is 4. The first-order valence-corrected chi connectivity index (χ1v) is 17.2. The van der Waals surface area contributed by atoms with E-state index in [1.165, 1.54) is 17.0 Å². The van der Waals surface area contributed by atoms with E-state index >= 15 is 0 Å². The summed E-state index contributed by atoms with van der Waals surface area (Å²) < 4.78 is 42.7. The monoisotopic (exact) mass is 661 g/mol. The van der Waals surface area contributed by atoms with Gasteiger partial charge < -0.3 is 10.2 Å². The van der Waals surface area contributed by atoms with Gasteiger partial charge in [-0.15, -0.1) is 0 Å². The lowest BCUT2D eigenvalue weighted by molar-refractivity contribution is -0.140. The fourth-order valence-electron chi connectivity index (χ4n) is 5.79. The maximum absolute atomic E-state index is 14.5. The molecule has 7 nitrogen and oxygen atoms in total. The molecule has 0 heterocycles. The minimum Gasteiger partial charge on any atom is -0.352 e. The molecule has 1 fully saturated rings. The first kappa shape index (κ1) is 33.2. The van der Waals surface area contributed by atoms with Gasteiger partial charge in [-0.25, -0.2) is 12.8 Å². The van der Waals surface area contributed by atoms with Crippen molar-refractivity contribution >= 4 is 39.1 Å². The maximum atomic E-state index is 14.5. The van der Waals surface area contributed by atoms with Crippen LogP contribution >= 0.6 is 11.6 Å². The Morgan fingerprint density at radius 3 is 2.11 bits per heavy atom. The molecule has 1 atom stereocenters. The quantitative estimate of drug-likeness (QED) is 0.182. The third kappa shape index (κ3) is 8.53. The van der Waals surface area contributed by atoms with Crippen LogP contribution < -0.4 is 9.62 Å². The van der Waals surface area contributed by atoms with Crippen LogP contribution in [0.3, 0.4) is 0 Å². The van der Waals surface area contributed by atoms with Crippen LogP contribution in [0.5, 0.6) is 0 Å². The minimum absolute atomic E-state index is 0.00214. The fourth-order valence-corrected chi connectivity index (χ4v) is 7.41. The number of carbonyl (C=O) groups is 2. The number of para-hydroxylation sites is 1. The number of nitrogens with one attached hydrogen (secondary N) is 1. The fraction of sp³-hybridized carbons (Fsp3) is 0.278. The van der Waals surface area contributed by atoms with Crippen LogP contribution in [0.4, 0.5) is 10.1 Å². The van der Waals surface area contributed by atoms with E-state index in [2.05, 4.69) is 5.32 Å². The molecule has 0 bridgehead atoms. The van der Waals surface area contributed by atoms with Crippen molar-refractivity contribution in [3.63, 3.8) is 0 Å². The number of hydrogen-bond donors (Lipinski definition) is 1. The second-order valence-corrected chi connectivity index (χ2v) is 13.8. The van der Waals surface area contributed by atoms with Crippen LogP contribution in [0.15, 0.2) is 114 Å². The highest BCUT2D eigenvalue weighted by molar-refractivity contribution is 7.92. The second-order valence-electron chi connectivity index (χ2n) is 11.5. The molecule has 2 amide bonds. The Bertz CT molecular complexity index is 1720. The highest BCUT2D eigenvalue weighted by Crippen LogP contribution is 2.26. The van der Waals surface area contributed by atoms with E-state index in [0.29, 0.717) is 10.6 Å². The van der Waals surface area contributed by atoms with Crippen molar-refractivity contribution in [1.29, 1.82) is 0 Å². The van der Waals surface area contributed by atoms with Crippen LogP contribution in [0, 0.1) is 5.82 Å². The molecule has 1 N–H and O–H groups in total. The summed E-state index contributed by atoms with van der Waals surface area (Å²) in [6.07, 6.45) is 5.12. The van der Waals surface area contributed by atoms with Crippen LogP contribution in [-0.2, 0) is 32.6 Å². The van der Waals surface area contributed by atoms with Crippen molar-refractivity contribution in [3.8, 4) is 0 Å². The van der Waals surface area contributed by atoms with Gasteiger partial charge in [-0.05, 0) is 72.5 Å². The molecule has 1 aliphatic carbocycles. The zero-order chi connectivity index (χ0) is 32.5. The van der Waals surface area contributed by atoms with Crippen molar-refractivity contribution in [2.24, 2.45) is 0 Å². The van der Waals surface area contributed by atoms with E-state index in [0.717, 1.165) is 54.1 Å². The third-order valence-corrected chi connectivity index (χ3v) is 10.2. The van der Waals surface area contributed by atoms with Gasteiger partial charge in [0.2, 0.25) is 11.8 Å². The molecule has 4 aromatic carbocycles. The average molecular weight is 662 g/mol. The minimum atomic E-state index is -4.31. The molecule has 4 aromatic rings.